The van der Waals surface area contributed by atoms with Crippen LogP contribution in [0.1, 0.15) is 24.5 Å². The van der Waals surface area contributed by atoms with Gasteiger partial charge in [-0.1, -0.05) is 12.1 Å². The van der Waals surface area contributed by atoms with Crippen molar-refractivity contribution in [1.82, 2.24) is 25.5 Å². The highest BCUT2D eigenvalue weighted by Gasteiger charge is 2.19. The van der Waals surface area contributed by atoms with Crippen LogP contribution in [0.3, 0.4) is 0 Å². The number of aromatic nitrogens is 4. The molecule has 0 atom stereocenters. The highest BCUT2D eigenvalue weighted by atomic mass is 32.1. The molecule has 3 N–H and O–H groups in total. The molecule has 1 saturated heterocycles. The lowest BCUT2D eigenvalue weighted by atomic mass is 9.94. The molecule has 0 amide bonds. The number of nitrogens with one attached hydrogen (secondary N) is 3. The molecule has 1 aromatic carbocycles. The predicted octanol–water partition coefficient (Wildman–Crippen LogP) is 5.44. The number of thiophene rings is 1. The molecule has 0 bridgehead atoms. The molecule has 0 radical (unpaired) electrons. The molecule has 0 aliphatic carbocycles. The topological polar surface area (TPSA) is 69.4 Å². The maximum Gasteiger partial charge on any atom is 0.176 e. The number of benzene rings is 1. The van der Waals surface area contributed by atoms with Crippen molar-refractivity contribution in [2.75, 3.05) is 13.1 Å². The number of piperidine rings is 1. The molecule has 0 spiro atoms. The van der Waals surface area contributed by atoms with Gasteiger partial charge in [-0.3, -0.25) is 5.10 Å². The van der Waals surface area contributed by atoms with Gasteiger partial charge in [0.2, 0.25) is 0 Å². The lowest BCUT2D eigenvalue weighted by molar-refractivity contribution is 0.454. The first-order valence-corrected chi connectivity index (χ1v) is 11.0. The number of aromatic amines is 2. The van der Waals surface area contributed by atoms with Gasteiger partial charge in [0.25, 0.3) is 0 Å². The number of halogens is 1. The van der Waals surface area contributed by atoms with Crippen molar-refractivity contribution in [3.05, 3.63) is 59.4 Å². The highest BCUT2D eigenvalue weighted by molar-refractivity contribution is 7.14. The standard InChI is InChI=1S/C23H20FN5S/c24-21-7-6-20(30-21)14-2-1-3-17-15(14)12-19(26-17)23-22-18(28-29-23)5-4-16(27-22)13-8-10-25-11-9-13/h1-7,12-13,25-26H,8-11H2,(H,28,29). The van der Waals surface area contributed by atoms with Gasteiger partial charge in [0.05, 0.1) is 11.2 Å². The summed E-state index contributed by atoms with van der Waals surface area (Å²) >= 11 is 1.16. The lowest BCUT2D eigenvalue weighted by Gasteiger charge is -2.22. The van der Waals surface area contributed by atoms with Gasteiger partial charge in [0, 0.05) is 33.0 Å². The molecule has 1 fully saturated rings. The zero-order valence-electron chi connectivity index (χ0n) is 16.2. The summed E-state index contributed by atoms with van der Waals surface area (Å²) in [6.45, 7) is 2.08. The van der Waals surface area contributed by atoms with Crippen LogP contribution in [0.25, 0.3) is 43.8 Å². The lowest BCUT2D eigenvalue weighted by Crippen LogP contribution is -2.27. The van der Waals surface area contributed by atoms with Gasteiger partial charge in [-0.15, -0.1) is 11.3 Å². The summed E-state index contributed by atoms with van der Waals surface area (Å²) < 4.78 is 13.6. The van der Waals surface area contributed by atoms with Crippen LogP contribution in [0.2, 0.25) is 0 Å². The van der Waals surface area contributed by atoms with Gasteiger partial charge < -0.3 is 10.3 Å². The fraction of sp³-hybridized carbons (Fsp3) is 0.217. The Kier molecular flexibility index (Phi) is 4.17. The van der Waals surface area contributed by atoms with E-state index in [9.17, 15) is 4.39 Å². The molecule has 5 nitrogen and oxygen atoms in total. The molecule has 30 heavy (non-hydrogen) atoms. The summed E-state index contributed by atoms with van der Waals surface area (Å²) in [6.07, 6.45) is 2.22. The number of H-pyrrole nitrogens is 2. The van der Waals surface area contributed by atoms with E-state index < -0.39 is 0 Å². The molecule has 0 saturated carbocycles. The van der Waals surface area contributed by atoms with Crippen LogP contribution in [0.15, 0.2) is 48.5 Å². The smallest absolute Gasteiger partial charge is 0.176 e. The third kappa shape index (κ3) is 2.93. The van der Waals surface area contributed by atoms with E-state index in [0.29, 0.717) is 5.92 Å². The summed E-state index contributed by atoms with van der Waals surface area (Å²) in [6, 6.07) is 15.7. The van der Waals surface area contributed by atoms with Crippen LogP contribution < -0.4 is 5.32 Å². The third-order valence-corrected chi connectivity index (χ3v) is 6.85. The van der Waals surface area contributed by atoms with Gasteiger partial charge >= 0.3 is 0 Å². The monoisotopic (exact) mass is 417 g/mol. The van der Waals surface area contributed by atoms with Crippen molar-refractivity contribution >= 4 is 33.3 Å². The predicted molar refractivity (Wildman–Crippen MR) is 119 cm³/mol. The summed E-state index contributed by atoms with van der Waals surface area (Å²) in [5.41, 5.74) is 6.71. The van der Waals surface area contributed by atoms with E-state index in [-0.39, 0.29) is 5.13 Å². The first kappa shape index (κ1) is 17.8. The quantitative estimate of drug-likeness (QED) is 0.366. The van der Waals surface area contributed by atoms with Crippen molar-refractivity contribution in [3.8, 4) is 21.8 Å². The summed E-state index contributed by atoms with van der Waals surface area (Å²) in [5.74, 6) is 0.487. The maximum atomic E-state index is 13.6. The number of hydrogen-bond acceptors (Lipinski definition) is 4. The van der Waals surface area contributed by atoms with Gasteiger partial charge in [0.15, 0.2) is 5.13 Å². The minimum atomic E-state index is -0.175. The first-order valence-electron chi connectivity index (χ1n) is 10.2. The maximum absolute atomic E-state index is 13.6. The Morgan fingerprint density at radius 2 is 1.90 bits per heavy atom. The molecule has 1 aliphatic heterocycles. The van der Waals surface area contributed by atoms with Crippen LogP contribution in [-0.2, 0) is 0 Å². The molecule has 6 rings (SSSR count). The molecule has 5 aromatic rings. The van der Waals surface area contributed by atoms with Crippen LogP contribution in [0.4, 0.5) is 4.39 Å². The molecule has 4 aromatic heterocycles. The second-order valence-electron chi connectivity index (χ2n) is 7.78. The molecule has 5 heterocycles. The second-order valence-corrected chi connectivity index (χ2v) is 8.82. The number of nitrogens with zero attached hydrogens (tertiary/aromatic N) is 2. The molecular formula is C23H20FN5S. The van der Waals surface area contributed by atoms with Crippen LogP contribution >= 0.6 is 11.3 Å². The fourth-order valence-corrected chi connectivity index (χ4v) is 5.17. The van der Waals surface area contributed by atoms with E-state index in [1.807, 2.05) is 24.3 Å². The van der Waals surface area contributed by atoms with Crippen LogP contribution in [-0.4, -0.2) is 33.3 Å². The van der Waals surface area contributed by atoms with Gasteiger partial charge in [-0.05, 0) is 62.3 Å². The second kappa shape index (κ2) is 7.04. The minimum Gasteiger partial charge on any atom is -0.353 e. The Labute approximate surface area is 176 Å². The van der Waals surface area contributed by atoms with Crippen molar-refractivity contribution in [2.45, 2.75) is 18.8 Å². The summed E-state index contributed by atoms with van der Waals surface area (Å²) in [7, 11) is 0. The summed E-state index contributed by atoms with van der Waals surface area (Å²) in [5, 5.41) is 12.0. The molecule has 7 heteroatoms. The first-order chi connectivity index (χ1) is 14.8. The number of fused-ring (bicyclic) bond motifs is 2. The van der Waals surface area contributed by atoms with Crippen molar-refractivity contribution in [1.29, 1.82) is 0 Å². The Morgan fingerprint density at radius 1 is 1.00 bits per heavy atom. The zero-order valence-corrected chi connectivity index (χ0v) is 17.0. The highest BCUT2D eigenvalue weighted by Crippen LogP contribution is 2.36. The van der Waals surface area contributed by atoms with Gasteiger partial charge in [-0.2, -0.15) is 9.49 Å². The van der Waals surface area contributed by atoms with Crippen molar-refractivity contribution in [2.24, 2.45) is 0 Å². The van der Waals surface area contributed by atoms with E-state index in [0.717, 1.165) is 86.7 Å². The van der Waals surface area contributed by atoms with E-state index in [2.05, 4.69) is 38.7 Å². The van der Waals surface area contributed by atoms with E-state index in [1.165, 1.54) is 6.07 Å². The van der Waals surface area contributed by atoms with E-state index in [1.54, 1.807) is 0 Å². The molecule has 0 unspecified atom stereocenters. The average molecular weight is 418 g/mol. The normalized spacial score (nSPS) is 15.4. The van der Waals surface area contributed by atoms with Gasteiger partial charge in [0.1, 0.15) is 11.2 Å². The van der Waals surface area contributed by atoms with Gasteiger partial charge in [-0.25, -0.2) is 4.98 Å². The molecular weight excluding hydrogens is 397 g/mol. The number of pyridine rings is 1. The van der Waals surface area contributed by atoms with E-state index in [4.69, 9.17) is 4.98 Å². The minimum absolute atomic E-state index is 0.175. The number of rotatable bonds is 3. The van der Waals surface area contributed by atoms with E-state index >= 15 is 0 Å². The Hall–Kier alpha value is -3.03. The molecule has 150 valence electrons. The summed E-state index contributed by atoms with van der Waals surface area (Å²) in [4.78, 5) is 9.40. The Morgan fingerprint density at radius 3 is 2.73 bits per heavy atom. The third-order valence-electron chi connectivity index (χ3n) is 5.94. The van der Waals surface area contributed by atoms with Crippen molar-refractivity contribution < 1.29 is 4.39 Å². The molecule has 1 aliphatic rings. The Bertz CT molecular complexity index is 1360. The number of hydrogen-bond donors (Lipinski definition) is 3. The van der Waals surface area contributed by atoms with Crippen molar-refractivity contribution in [3.63, 3.8) is 0 Å². The zero-order chi connectivity index (χ0) is 20.1. The Balaban J connectivity index is 1.47. The largest absolute Gasteiger partial charge is 0.353 e. The average Bonchev–Trinajstić information content (AvgIpc) is 3.51. The fourth-order valence-electron chi connectivity index (χ4n) is 4.40. The van der Waals surface area contributed by atoms with Crippen LogP contribution in [0.5, 0.6) is 0 Å². The van der Waals surface area contributed by atoms with Crippen LogP contribution in [0, 0.1) is 5.13 Å². The SMILES string of the molecule is Fc1ccc(-c2cccc3[nH]c(-c4n[nH]c5ccc(C6CCNCC6)nc45)cc23)s1.